The maximum atomic E-state index is 12.0. The Morgan fingerprint density at radius 2 is 1.24 bits per heavy atom. The fourth-order valence-electron chi connectivity index (χ4n) is 4.42. The van der Waals surface area contributed by atoms with Crippen LogP contribution >= 0.6 is 0 Å². The van der Waals surface area contributed by atoms with Crippen LogP contribution in [0.4, 0.5) is 0 Å². The van der Waals surface area contributed by atoms with E-state index in [1.54, 1.807) is 0 Å². The van der Waals surface area contributed by atoms with Crippen LogP contribution in [0, 0.1) is 0 Å². The first-order valence-corrected chi connectivity index (χ1v) is 11.6. The molecule has 0 spiro atoms. The topological polar surface area (TPSA) is 295 Å². The maximum absolute atomic E-state index is 12.0. The van der Waals surface area contributed by atoms with Crippen LogP contribution in [-0.4, -0.2) is 168 Å². The molecule has 3 aliphatic heterocycles. The highest BCUT2D eigenvalue weighted by Crippen LogP contribution is 2.32. The summed E-state index contributed by atoms with van der Waals surface area (Å²) in [7, 11) is 0. The first-order chi connectivity index (χ1) is 17.8. The molecule has 15 atom stereocenters. The summed E-state index contributed by atoms with van der Waals surface area (Å²) in [4.78, 5) is 23.6. The highest BCUT2D eigenvalue weighted by molar-refractivity contribution is 5.73. The quantitative estimate of drug-likeness (QED) is 0.132. The summed E-state index contributed by atoms with van der Waals surface area (Å²) in [6.45, 7) is -0.543. The third-order valence-electron chi connectivity index (χ3n) is 6.46. The minimum absolute atomic E-state index is 0.692. The van der Waals surface area contributed by atoms with Gasteiger partial charge in [0.2, 0.25) is 5.91 Å². The minimum atomic E-state index is -2.13. The molecule has 38 heavy (non-hydrogen) atoms. The molecule has 0 saturated carbocycles. The molecule has 0 aromatic rings. The number of ether oxygens (including phenoxy) is 5. The van der Waals surface area contributed by atoms with E-state index < -0.39 is 117 Å². The monoisotopic (exact) mass is 559 g/mol. The molecule has 0 aromatic carbocycles. The SMILES string of the molecule is CC(=O)N[C@@H]1[C@@H](O[C@@H]2O[C@H](C(=O)O)[C@@H](O[C@@H]3O[C@H](CO)[C@@H](O)[C@H](O)[C@@H]3O)[C@H](O)[C@H]2O)[C@H](O)[C@@H](CO)O[C@@H]1O. The first kappa shape index (κ1) is 30.9. The van der Waals surface area contributed by atoms with Gasteiger partial charge in [0.15, 0.2) is 25.0 Å². The molecule has 3 rings (SSSR count). The van der Waals surface area contributed by atoms with Gasteiger partial charge < -0.3 is 80.1 Å². The van der Waals surface area contributed by atoms with Crippen LogP contribution in [0.25, 0.3) is 0 Å². The van der Waals surface area contributed by atoms with Crippen molar-refractivity contribution in [2.24, 2.45) is 0 Å². The molecule has 0 aliphatic carbocycles. The minimum Gasteiger partial charge on any atom is -0.479 e. The molecule has 18 nitrogen and oxygen atoms in total. The van der Waals surface area contributed by atoms with Crippen molar-refractivity contribution in [1.29, 1.82) is 0 Å². The molecule has 220 valence electrons. The fraction of sp³-hybridized carbons (Fsp3) is 0.900. The zero-order valence-electron chi connectivity index (χ0n) is 19.9. The Morgan fingerprint density at radius 3 is 1.79 bits per heavy atom. The molecule has 3 fully saturated rings. The Bertz CT molecular complexity index is 816. The Kier molecular flexibility index (Phi) is 10.3. The number of amides is 1. The molecule has 0 bridgehead atoms. The van der Waals surface area contributed by atoms with Crippen LogP contribution in [0.5, 0.6) is 0 Å². The first-order valence-electron chi connectivity index (χ1n) is 11.6. The van der Waals surface area contributed by atoms with Crippen LogP contribution in [0.2, 0.25) is 0 Å². The van der Waals surface area contributed by atoms with E-state index in [-0.39, 0.29) is 0 Å². The van der Waals surface area contributed by atoms with Crippen molar-refractivity contribution in [3.8, 4) is 0 Å². The number of carboxylic acids is 1. The summed E-state index contributed by atoms with van der Waals surface area (Å²) in [6.07, 6.45) is -25.8. The second-order valence-electron chi connectivity index (χ2n) is 9.11. The Hall–Kier alpha value is -1.62. The number of aliphatic hydroxyl groups excluding tert-OH is 9. The Morgan fingerprint density at radius 1 is 0.711 bits per heavy atom. The number of aliphatic hydroxyl groups is 9. The lowest BCUT2D eigenvalue weighted by Crippen LogP contribution is -2.68. The summed E-state index contributed by atoms with van der Waals surface area (Å²) >= 11 is 0. The summed E-state index contributed by atoms with van der Waals surface area (Å²) in [6, 6.07) is -1.48. The van der Waals surface area contributed by atoms with Crippen LogP contribution in [-0.2, 0) is 33.3 Å². The zero-order chi connectivity index (χ0) is 28.5. The fourth-order valence-corrected chi connectivity index (χ4v) is 4.42. The van der Waals surface area contributed by atoms with Crippen molar-refractivity contribution in [3.05, 3.63) is 0 Å². The molecule has 11 N–H and O–H groups in total. The molecule has 0 radical (unpaired) electrons. The molecule has 3 saturated heterocycles. The summed E-state index contributed by atoms with van der Waals surface area (Å²) < 4.78 is 26.3. The van der Waals surface area contributed by atoms with Crippen LogP contribution < -0.4 is 5.32 Å². The van der Waals surface area contributed by atoms with Gasteiger partial charge in [0.25, 0.3) is 0 Å². The molecule has 1 amide bonds. The number of rotatable bonds is 8. The van der Waals surface area contributed by atoms with Gasteiger partial charge in [0.05, 0.1) is 13.2 Å². The molecule has 3 aliphatic rings. The lowest BCUT2D eigenvalue weighted by atomic mass is 9.95. The van der Waals surface area contributed by atoms with Gasteiger partial charge in [-0.3, -0.25) is 4.79 Å². The van der Waals surface area contributed by atoms with E-state index in [0.717, 1.165) is 6.92 Å². The van der Waals surface area contributed by atoms with Crippen molar-refractivity contribution >= 4 is 11.9 Å². The van der Waals surface area contributed by atoms with E-state index in [0.29, 0.717) is 0 Å². The van der Waals surface area contributed by atoms with Crippen LogP contribution in [0.3, 0.4) is 0 Å². The molecule has 0 unspecified atom stereocenters. The van der Waals surface area contributed by atoms with Crippen molar-refractivity contribution < 1.29 is 84.3 Å². The average Bonchev–Trinajstić information content (AvgIpc) is 2.86. The van der Waals surface area contributed by atoms with E-state index in [1.807, 2.05) is 0 Å². The smallest absolute Gasteiger partial charge is 0.335 e. The van der Waals surface area contributed by atoms with E-state index in [9.17, 15) is 60.7 Å². The number of carbonyl (C=O) groups is 2. The second kappa shape index (κ2) is 12.7. The zero-order valence-corrected chi connectivity index (χ0v) is 19.9. The van der Waals surface area contributed by atoms with Crippen molar-refractivity contribution in [1.82, 2.24) is 5.32 Å². The predicted octanol–water partition coefficient (Wildman–Crippen LogP) is -7.34. The summed E-state index contributed by atoms with van der Waals surface area (Å²) in [5.74, 6) is -2.44. The number of nitrogens with one attached hydrogen (secondary N) is 1. The van der Waals surface area contributed by atoms with Gasteiger partial charge in [-0.25, -0.2) is 4.79 Å². The molecule has 0 aromatic heterocycles. The highest BCUT2D eigenvalue weighted by atomic mass is 16.7. The molecular weight excluding hydrogens is 526 g/mol. The number of carbonyl (C=O) groups excluding carboxylic acids is 1. The van der Waals surface area contributed by atoms with Gasteiger partial charge in [-0.1, -0.05) is 0 Å². The van der Waals surface area contributed by atoms with Gasteiger partial charge in [-0.15, -0.1) is 0 Å². The lowest BCUT2D eigenvalue weighted by molar-refractivity contribution is -0.367. The van der Waals surface area contributed by atoms with Crippen LogP contribution in [0.1, 0.15) is 6.92 Å². The average molecular weight is 559 g/mol. The van der Waals surface area contributed by atoms with Gasteiger partial charge in [0, 0.05) is 6.92 Å². The van der Waals surface area contributed by atoms with Gasteiger partial charge in [-0.2, -0.15) is 0 Å². The number of hydrogen-bond donors (Lipinski definition) is 11. The normalized spacial score (nSPS) is 47.9. The Labute approximate surface area is 214 Å². The van der Waals surface area contributed by atoms with Gasteiger partial charge >= 0.3 is 5.97 Å². The van der Waals surface area contributed by atoms with Crippen LogP contribution in [0.15, 0.2) is 0 Å². The highest BCUT2D eigenvalue weighted by Gasteiger charge is 2.55. The van der Waals surface area contributed by atoms with E-state index in [4.69, 9.17) is 23.7 Å². The number of hydrogen-bond acceptors (Lipinski definition) is 16. The molecule has 3 heterocycles. The lowest BCUT2D eigenvalue weighted by Gasteiger charge is -2.47. The molecular formula is C20H33NO17. The van der Waals surface area contributed by atoms with Crippen molar-refractivity contribution in [2.75, 3.05) is 13.2 Å². The second-order valence-corrected chi connectivity index (χ2v) is 9.11. The summed E-state index contributed by atoms with van der Waals surface area (Å²) in [5.41, 5.74) is 0. The van der Waals surface area contributed by atoms with Crippen molar-refractivity contribution in [3.63, 3.8) is 0 Å². The van der Waals surface area contributed by atoms with Crippen molar-refractivity contribution in [2.45, 2.75) is 99.0 Å². The molecule has 18 heteroatoms. The predicted molar refractivity (Wildman–Crippen MR) is 113 cm³/mol. The number of aliphatic carboxylic acids is 1. The van der Waals surface area contributed by atoms with E-state index in [1.165, 1.54) is 0 Å². The standard InChI is InChI=1S/C20H33NO17/c1-4(24)21-7-14(9(26)6(3-23)34-18(7)33)36-20-13(30)11(28)15(16(38-20)17(31)32)37-19-12(29)10(27)8(25)5(2-22)35-19/h5-16,18-20,22-23,25-30,33H,2-3H2,1H3,(H,21,24)(H,31,32)/t5-,6-,7-,8-,9-,10+,11-,12+,13-,14-,15+,16+,18+,19+,20-/m1/s1. The third-order valence-corrected chi connectivity index (χ3v) is 6.46. The van der Waals surface area contributed by atoms with Gasteiger partial charge in [-0.05, 0) is 0 Å². The summed E-state index contributed by atoms with van der Waals surface area (Å²) in [5, 5.41) is 103. The number of carboxylic acid groups (broad SMARTS) is 1. The maximum Gasteiger partial charge on any atom is 0.335 e. The third kappa shape index (κ3) is 6.24. The largest absolute Gasteiger partial charge is 0.479 e. The van der Waals surface area contributed by atoms with E-state index >= 15 is 0 Å². The Balaban J connectivity index is 1.81. The van der Waals surface area contributed by atoms with E-state index in [2.05, 4.69) is 5.32 Å². The van der Waals surface area contributed by atoms with Gasteiger partial charge in [0.1, 0.15) is 67.1 Å².